The van der Waals surface area contributed by atoms with Gasteiger partial charge in [0.15, 0.2) is 6.10 Å². The van der Waals surface area contributed by atoms with Crippen molar-refractivity contribution in [2.75, 3.05) is 7.11 Å². The number of amides is 2. The van der Waals surface area contributed by atoms with Crippen molar-refractivity contribution in [3.8, 4) is 0 Å². The summed E-state index contributed by atoms with van der Waals surface area (Å²) in [4.78, 5) is 52.9. The van der Waals surface area contributed by atoms with Crippen molar-refractivity contribution >= 4 is 35.5 Å². The van der Waals surface area contributed by atoms with Crippen LogP contribution in [0.15, 0.2) is 30.3 Å². The first-order valence-electron chi connectivity index (χ1n) is 14.8. The zero-order valence-electron chi connectivity index (χ0n) is 24.5. The molecule has 4 atom stereocenters. The topological polar surface area (TPSA) is 102 Å². The van der Waals surface area contributed by atoms with Crippen molar-refractivity contribution in [1.29, 1.82) is 0 Å². The Morgan fingerprint density at radius 2 is 1.57 bits per heavy atom. The van der Waals surface area contributed by atoms with E-state index in [4.69, 9.17) is 9.47 Å². The van der Waals surface area contributed by atoms with E-state index in [9.17, 15) is 19.2 Å². The average molecular weight is 575 g/mol. The van der Waals surface area contributed by atoms with Gasteiger partial charge in [-0.3, -0.25) is 9.59 Å². The van der Waals surface area contributed by atoms with Crippen LogP contribution >= 0.6 is 11.8 Å². The molecule has 3 rings (SSSR count). The standard InChI is InChI=1S/C31H46N2O6S/c1-5-6-7-8-9-10-11-12-13-17-20-23(29(36)38-4)39-30(37)26-31(2,3)40-28-25(27(35)33(26)28)32-24(34)21-22-18-15-14-16-19-22/h14-16,18-19,23,25-26,28H,5-13,17,20-21H2,1-4H3,(H,32,34)/t23-,25+,26-,28+/m0/s1. The number of benzene rings is 1. The number of unbranched alkanes of at least 4 members (excludes halogenated alkanes) is 9. The molecule has 2 fully saturated rings. The number of carbonyl (C=O) groups is 4. The third kappa shape index (κ3) is 8.48. The maximum atomic E-state index is 13.4. The number of thioether (sulfide) groups is 1. The van der Waals surface area contributed by atoms with E-state index in [2.05, 4.69) is 12.2 Å². The Kier molecular flexibility index (Phi) is 12.3. The number of ether oxygens (including phenoxy) is 2. The van der Waals surface area contributed by atoms with Crippen molar-refractivity contribution in [3.63, 3.8) is 0 Å². The minimum atomic E-state index is -0.996. The van der Waals surface area contributed by atoms with Crippen LogP contribution in [0.25, 0.3) is 0 Å². The van der Waals surface area contributed by atoms with Crippen molar-refractivity contribution in [3.05, 3.63) is 35.9 Å². The second-order valence-corrected chi connectivity index (χ2v) is 13.2. The van der Waals surface area contributed by atoms with Crippen molar-refractivity contribution < 1.29 is 28.7 Å². The second kappa shape index (κ2) is 15.5. The largest absolute Gasteiger partial charge is 0.466 e. The van der Waals surface area contributed by atoms with Crippen LogP contribution in [0.3, 0.4) is 0 Å². The van der Waals surface area contributed by atoms with E-state index in [0.717, 1.165) is 24.8 Å². The van der Waals surface area contributed by atoms with E-state index < -0.39 is 34.9 Å². The van der Waals surface area contributed by atoms with Crippen LogP contribution in [0, 0.1) is 0 Å². The molecule has 2 amide bonds. The summed E-state index contributed by atoms with van der Waals surface area (Å²) in [5, 5.41) is 2.47. The fraction of sp³-hybridized carbons (Fsp3) is 0.677. The van der Waals surface area contributed by atoms with Crippen LogP contribution in [0.2, 0.25) is 0 Å². The Morgan fingerprint density at radius 1 is 0.975 bits per heavy atom. The molecule has 2 saturated heterocycles. The normalized spacial score (nSPS) is 21.8. The number of fused-ring (bicyclic) bond motifs is 1. The van der Waals surface area contributed by atoms with Crippen LogP contribution < -0.4 is 5.32 Å². The van der Waals surface area contributed by atoms with Gasteiger partial charge in [-0.1, -0.05) is 95.0 Å². The number of nitrogens with one attached hydrogen (secondary N) is 1. The number of methoxy groups -OCH3 is 1. The highest BCUT2D eigenvalue weighted by Gasteiger charge is 2.64. The highest BCUT2D eigenvalue weighted by molar-refractivity contribution is 8.01. The molecule has 1 aromatic carbocycles. The maximum absolute atomic E-state index is 13.4. The Labute approximate surface area is 243 Å². The molecule has 9 heteroatoms. The molecule has 0 spiro atoms. The van der Waals surface area contributed by atoms with Gasteiger partial charge in [0, 0.05) is 4.75 Å². The van der Waals surface area contributed by atoms with E-state index in [0.29, 0.717) is 6.42 Å². The van der Waals surface area contributed by atoms with Crippen LogP contribution in [0.5, 0.6) is 0 Å². The van der Waals surface area contributed by atoms with Gasteiger partial charge in [0.2, 0.25) is 11.8 Å². The fourth-order valence-corrected chi connectivity index (χ4v) is 7.13. The lowest BCUT2D eigenvalue weighted by molar-refractivity contribution is -0.175. The number of carbonyl (C=O) groups excluding carboxylic acids is 4. The molecule has 0 unspecified atom stereocenters. The lowest BCUT2D eigenvalue weighted by Crippen LogP contribution is -2.71. The summed E-state index contributed by atoms with van der Waals surface area (Å²) >= 11 is 1.46. The summed E-state index contributed by atoms with van der Waals surface area (Å²) in [6, 6.07) is 7.79. The lowest BCUT2D eigenvalue weighted by Gasteiger charge is -2.44. The SMILES string of the molecule is CCCCCCCCCCCC[C@H](OC(=O)[C@@H]1N2C(=O)[C@@H](NC(=O)Cc3ccccc3)[C@H]2SC1(C)C)C(=O)OC. The molecule has 222 valence electrons. The molecule has 0 aliphatic carbocycles. The smallest absolute Gasteiger partial charge is 0.347 e. The fourth-order valence-electron chi connectivity index (χ4n) is 5.51. The predicted molar refractivity (Wildman–Crippen MR) is 157 cm³/mol. The summed E-state index contributed by atoms with van der Waals surface area (Å²) in [6.07, 6.45) is 11.2. The third-order valence-corrected chi connectivity index (χ3v) is 9.30. The van der Waals surface area contributed by atoms with Crippen molar-refractivity contribution in [1.82, 2.24) is 10.2 Å². The minimum absolute atomic E-state index is 0.177. The molecule has 0 bridgehead atoms. The first-order valence-corrected chi connectivity index (χ1v) is 15.7. The molecule has 1 aromatic rings. The Balaban J connectivity index is 1.48. The third-order valence-electron chi connectivity index (χ3n) is 7.73. The van der Waals surface area contributed by atoms with Crippen molar-refractivity contribution in [2.45, 2.75) is 126 Å². The maximum Gasteiger partial charge on any atom is 0.347 e. The van der Waals surface area contributed by atoms with Gasteiger partial charge in [-0.15, -0.1) is 11.8 Å². The highest BCUT2D eigenvalue weighted by atomic mass is 32.2. The number of nitrogens with zero attached hydrogens (tertiary/aromatic N) is 1. The Morgan fingerprint density at radius 3 is 2.17 bits per heavy atom. The van der Waals surface area contributed by atoms with Gasteiger partial charge in [0.25, 0.3) is 0 Å². The van der Waals surface area contributed by atoms with Gasteiger partial charge in [-0.05, 0) is 32.3 Å². The number of esters is 2. The molecule has 0 radical (unpaired) electrons. The Hall–Kier alpha value is -2.55. The molecule has 0 saturated carbocycles. The molecule has 0 aromatic heterocycles. The summed E-state index contributed by atoms with van der Waals surface area (Å²) in [5.41, 5.74) is 0.862. The number of β-lactam (4-membered cyclic amide) rings is 1. The van der Waals surface area contributed by atoms with Gasteiger partial charge < -0.3 is 19.7 Å². The van der Waals surface area contributed by atoms with Gasteiger partial charge in [-0.25, -0.2) is 9.59 Å². The Bertz CT molecular complexity index is 1000. The van der Waals surface area contributed by atoms with Crippen LogP contribution in [-0.4, -0.2) is 64.1 Å². The summed E-state index contributed by atoms with van der Waals surface area (Å²) in [6.45, 7) is 5.99. The summed E-state index contributed by atoms with van der Waals surface area (Å²) in [5.74, 6) is -1.73. The second-order valence-electron chi connectivity index (χ2n) is 11.4. The first kappa shape index (κ1) is 32.0. The summed E-state index contributed by atoms with van der Waals surface area (Å²) < 4.78 is 9.96. The van der Waals surface area contributed by atoms with E-state index in [-0.39, 0.29) is 23.6 Å². The molecule has 2 heterocycles. The quantitative estimate of drug-likeness (QED) is 0.156. The van der Waals surface area contributed by atoms with Gasteiger partial charge in [-0.2, -0.15) is 0 Å². The summed E-state index contributed by atoms with van der Waals surface area (Å²) in [7, 11) is 1.29. The van der Waals surface area contributed by atoms with Gasteiger partial charge in [0.1, 0.15) is 17.5 Å². The van der Waals surface area contributed by atoms with E-state index in [1.807, 2.05) is 44.2 Å². The van der Waals surface area contributed by atoms with E-state index in [1.165, 1.54) is 68.7 Å². The highest BCUT2D eigenvalue weighted by Crippen LogP contribution is 2.51. The van der Waals surface area contributed by atoms with Crippen LogP contribution in [-0.2, 0) is 35.1 Å². The van der Waals surface area contributed by atoms with E-state index >= 15 is 0 Å². The lowest BCUT2D eigenvalue weighted by atomic mass is 9.95. The zero-order valence-corrected chi connectivity index (χ0v) is 25.3. The first-order chi connectivity index (χ1) is 19.2. The minimum Gasteiger partial charge on any atom is -0.466 e. The molecule has 8 nitrogen and oxygen atoms in total. The number of hydrogen-bond acceptors (Lipinski definition) is 7. The molecule has 2 aliphatic heterocycles. The predicted octanol–water partition coefficient (Wildman–Crippen LogP) is 5.17. The molecule has 1 N–H and O–H groups in total. The number of rotatable bonds is 17. The number of hydrogen-bond donors (Lipinski definition) is 1. The van der Waals surface area contributed by atoms with Crippen LogP contribution in [0.1, 0.15) is 97.0 Å². The van der Waals surface area contributed by atoms with Crippen LogP contribution in [0.4, 0.5) is 0 Å². The monoisotopic (exact) mass is 574 g/mol. The average Bonchev–Trinajstić information content (AvgIpc) is 3.19. The van der Waals surface area contributed by atoms with Gasteiger partial charge in [0.05, 0.1) is 13.5 Å². The molecule has 40 heavy (non-hydrogen) atoms. The van der Waals surface area contributed by atoms with Crippen molar-refractivity contribution in [2.24, 2.45) is 0 Å². The molecular formula is C31H46N2O6S. The zero-order chi connectivity index (χ0) is 29.1. The molecular weight excluding hydrogens is 528 g/mol. The molecule has 2 aliphatic rings. The van der Waals surface area contributed by atoms with Gasteiger partial charge >= 0.3 is 11.9 Å². The van der Waals surface area contributed by atoms with E-state index in [1.54, 1.807) is 0 Å².